The number of rotatable bonds is 26. The fraction of sp³-hybridized carbons (Fsp3) is 1.00. The van der Waals surface area contributed by atoms with Crippen LogP contribution in [0, 0.1) is 87.1 Å². The van der Waals surface area contributed by atoms with E-state index < -0.39 is 0 Å². The van der Waals surface area contributed by atoms with E-state index in [9.17, 15) is 0 Å². The molecule has 0 N–H and O–H groups in total. The van der Waals surface area contributed by atoms with E-state index in [4.69, 9.17) is 18.9 Å². The molecule has 0 aliphatic heterocycles. The maximum absolute atomic E-state index is 5.62. The van der Waals surface area contributed by atoms with Gasteiger partial charge in [0.25, 0.3) is 0 Å². The van der Waals surface area contributed by atoms with Crippen molar-refractivity contribution in [1.82, 2.24) is 0 Å². The van der Waals surface area contributed by atoms with Crippen molar-refractivity contribution in [2.45, 2.75) is 522 Å². The largest absolute Gasteiger partial charge is 0.384 e. The lowest BCUT2D eigenvalue weighted by molar-refractivity contribution is -0.0336. The van der Waals surface area contributed by atoms with Crippen LogP contribution in [0.15, 0.2) is 0 Å². The van der Waals surface area contributed by atoms with Crippen LogP contribution in [0.5, 0.6) is 0 Å². The van der Waals surface area contributed by atoms with Gasteiger partial charge in [-0.15, -0.1) is 0 Å². The molecule has 9 fully saturated rings. The molecule has 4 heteroatoms. The average Bonchev–Trinajstić information content (AvgIpc) is 1.80. The molecule has 0 bridgehead atoms. The molecule has 9 saturated carbocycles. The van der Waals surface area contributed by atoms with Gasteiger partial charge in [-0.3, -0.25) is 0 Å². The van der Waals surface area contributed by atoms with Crippen molar-refractivity contribution < 1.29 is 18.9 Å². The Kier molecular flexibility index (Phi) is 48.8. The molecular weight excluding hydrogens is 1300 g/mol. The molecule has 4 nitrogen and oxygen atoms in total. The summed E-state index contributed by atoms with van der Waals surface area (Å²) in [5.41, 5.74) is 7.95. The van der Waals surface area contributed by atoms with Gasteiger partial charge in [0.1, 0.15) is 0 Å². The Bertz CT molecular complexity index is 2150. The highest BCUT2D eigenvalue weighted by Crippen LogP contribution is 2.56. The zero-order chi connectivity index (χ0) is 81.5. The minimum absolute atomic E-state index is 0.335. The Balaban J connectivity index is 0.000000603. The van der Waals surface area contributed by atoms with Crippen molar-refractivity contribution in [3.63, 3.8) is 0 Å². The maximum Gasteiger partial charge on any atom is 0.0522 e. The molecule has 0 aromatic rings. The number of ether oxygens (including phenoxy) is 4. The lowest BCUT2D eigenvalue weighted by atomic mass is 9.59. The van der Waals surface area contributed by atoms with Crippen molar-refractivity contribution in [1.29, 1.82) is 0 Å². The van der Waals surface area contributed by atoms with Crippen molar-refractivity contribution in [2.24, 2.45) is 87.1 Å². The standard InChI is InChI=1S/C13H26O.2C12H24O.C12H24.C11H22O.3C11H22.C10H20/c1-5-14-11-12(2,3)13(4)9-7-6-8-10-13;1-11(2,10-13-4)12(3)8-6-5-7-9-12;1-5-13-10-11(2,3)12(4)8-6-7-9-12;1-5-11(2,3)12(4)9-7-6-8-10-12;1-10(2,9-12-4)11(3)7-5-6-8-11;1-10(2)9-11(3)7-5-4-6-8-11;1-5-10(2,3)11(4)8-6-7-9-11;1-3-4-8-11(2)9-6-5-7-10-11;1-3-4-7-10(2)8-5-6-9-10/h5-11H2,1-4H3;2*5-10H2,1-4H3;5-10H2,1-4H3;5-9H2,1-4H3;10H,4-9H2,1-3H3;5-9H2,1-4H3;3-10H2,1-2H3;3-9H2,1-2H3. The lowest BCUT2D eigenvalue weighted by Gasteiger charge is -2.46. The van der Waals surface area contributed by atoms with Gasteiger partial charge in [0.2, 0.25) is 0 Å². The van der Waals surface area contributed by atoms with E-state index in [-0.39, 0.29) is 0 Å². The van der Waals surface area contributed by atoms with Gasteiger partial charge in [-0.1, -0.05) is 373 Å². The Morgan fingerprint density at radius 1 is 0.252 bits per heavy atom. The third kappa shape index (κ3) is 35.7. The zero-order valence-corrected chi connectivity index (χ0v) is 80.3. The second kappa shape index (κ2) is 49.8. The summed E-state index contributed by atoms with van der Waals surface area (Å²) in [4.78, 5) is 0. The number of hydrogen-bond donors (Lipinski definition) is 0. The quantitative estimate of drug-likeness (QED) is 0.0865. The summed E-state index contributed by atoms with van der Waals surface area (Å²) in [6.45, 7) is 74.1. The molecule has 9 aliphatic rings. The van der Waals surface area contributed by atoms with Crippen LogP contribution in [-0.4, -0.2) is 53.9 Å². The molecule has 0 radical (unpaired) electrons. The van der Waals surface area contributed by atoms with Crippen LogP contribution in [0.25, 0.3) is 0 Å². The maximum atomic E-state index is 5.62. The van der Waals surface area contributed by atoms with Gasteiger partial charge < -0.3 is 18.9 Å². The highest BCUT2D eigenvalue weighted by atomic mass is 16.5. The first-order valence-electron chi connectivity index (χ1n) is 47.9. The fourth-order valence-corrected chi connectivity index (χ4v) is 21.4. The third-order valence-electron chi connectivity index (χ3n) is 34.0. The summed E-state index contributed by atoms with van der Waals surface area (Å²) >= 11 is 0. The topological polar surface area (TPSA) is 36.9 Å². The van der Waals surface area contributed by atoms with Crippen LogP contribution >= 0.6 is 0 Å². The molecule has 0 heterocycles. The van der Waals surface area contributed by atoms with Crippen molar-refractivity contribution in [3.05, 3.63) is 0 Å². The van der Waals surface area contributed by atoms with Crippen molar-refractivity contribution >= 4 is 0 Å². The van der Waals surface area contributed by atoms with E-state index in [1.165, 1.54) is 321 Å². The van der Waals surface area contributed by atoms with Gasteiger partial charge in [0.05, 0.1) is 26.4 Å². The number of methoxy groups -OCH3 is 2. The molecule has 0 spiro atoms. The summed E-state index contributed by atoms with van der Waals surface area (Å²) in [6.07, 6.45) is 71.7. The van der Waals surface area contributed by atoms with Crippen molar-refractivity contribution in [3.8, 4) is 0 Å². The lowest BCUT2D eigenvalue weighted by Crippen LogP contribution is -2.40. The molecule has 9 aliphatic carbocycles. The average molecular weight is 1510 g/mol. The van der Waals surface area contributed by atoms with Crippen LogP contribution in [0.1, 0.15) is 522 Å². The highest BCUT2D eigenvalue weighted by Gasteiger charge is 2.47. The first-order valence-corrected chi connectivity index (χ1v) is 47.9. The summed E-state index contributed by atoms with van der Waals surface area (Å²) in [5.74, 6) is 0.887. The summed E-state index contributed by atoms with van der Waals surface area (Å²) in [5, 5.41) is 0. The summed E-state index contributed by atoms with van der Waals surface area (Å²) < 4.78 is 21.8. The molecule has 107 heavy (non-hydrogen) atoms. The normalized spacial score (nSPS) is 23.2. The molecular formula is C103H206O4. The van der Waals surface area contributed by atoms with E-state index in [0.717, 1.165) is 56.4 Å². The minimum atomic E-state index is 0.335. The summed E-state index contributed by atoms with van der Waals surface area (Å²) in [7, 11) is 3.62. The monoisotopic (exact) mass is 1510 g/mol. The third-order valence-corrected chi connectivity index (χ3v) is 34.0. The highest BCUT2D eigenvalue weighted by molar-refractivity contribution is 4.97. The van der Waals surface area contributed by atoms with Crippen LogP contribution < -0.4 is 0 Å². The van der Waals surface area contributed by atoms with E-state index in [0.29, 0.717) is 70.4 Å². The van der Waals surface area contributed by atoms with E-state index in [2.05, 4.69) is 201 Å². The molecule has 0 saturated heterocycles. The van der Waals surface area contributed by atoms with Gasteiger partial charge in [0, 0.05) is 27.4 Å². The smallest absolute Gasteiger partial charge is 0.0522 e. The van der Waals surface area contributed by atoms with Crippen LogP contribution in [0.4, 0.5) is 0 Å². The van der Waals surface area contributed by atoms with E-state index in [1.807, 2.05) is 7.11 Å². The summed E-state index contributed by atoms with van der Waals surface area (Å²) in [6, 6.07) is 0. The number of hydrogen-bond acceptors (Lipinski definition) is 4. The molecule has 9 rings (SSSR count). The Labute approximate surface area is 677 Å². The van der Waals surface area contributed by atoms with Gasteiger partial charge >= 0.3 is 0 Å². The van der Waals surface area contributed by atoms with E-state index >= 15 is 0 Å². The SMILES string of the molecule is CC(C)CC1(C)CCCCC1.CCC(C)(C)C1(C)CCCC1.CCC(C)(C)C1(C)CCCCC1.CCCCC1(C)CCCC1.CCCCC1(C)CCCCC1.CCOCC(C)(C)C1(C)CCCC1.CCOCC(C)(C)C1(C)CCCCC1.COCC(C)(C)C1(C)CCCC1.COCC(C)(C)C1(C)CCCCC1. The van der Waals surface area contributed by atoms with Gasteiger partial charge in [0.15, 0.2) is 0 Å². The second-order valence-electron chi connectivity index (χ2n) is 45.4. The minimum Gasteiger partial charge on any atom is -0.384 e. The second-order valence-corrected chi connectivity index (χ2v) is 45.4. The van der Waals surface area contributed by atoms with Crippen LogP contribution in [0.2, 0.25) is 0 Å². The molecule has 0 aromatic heterocycles. The van der Waals surface area contributed by atoms with Crippen molar-refractivity contribution in [2.75, 3.05) is 53.9 Å². The Morgan fingerprint density at radius 3 is 0.636 bits per heavy atom. The number of unbranched alkanes of at least 4 members (excludes halogenated alkanes) is 2. The van der Waals surface area contributed by atoms with Gasteiger partial charge in [-0.25, -0.2) is 0 Å². The predicted molar refractivity (Wildman–Crippen MR) is 481 cm³/mol. The molecule has 0 amide bonds. The first kappa shape index (κ1) is 105. The van der Waals surface area contributed by atoms with E-state index in [1.54, 1.807) is 7.11 Å². The van der Waals surface area contributed by atoms with Gasteiger partial charge in [-0.2, -0.15) is 0 Å². The Morgan fingerprint density at radius 2 is 0.439 bits per heavy atom. The first-order chi connectivity index (χ1) is 49.8. The zero-order valence-electron chi connectivity index (χ0n) is 80.3. The predicted octanol–water partition coefficient (Wildman–Crippen LogP) is 34.8. The molecule has 642 valence electrons. The van der Waals surface area contributed by atoms with Crippen LogP contribution in [0.3, 0.4) is 0 Å². The molecule has 0 unspecified atom stereocenters. The molecule has 0 aromatic carbocycles. The Hall–Kier alpha value is -0.160. The molecule has 0 atom stereocenters. The van der Waals surface area contributed by atoms with Crippen LogP contribution in [-0.2, 0) is 18.9 Å². The fourth-order valence-electron chi connectivity index (χ4n) is 21.4. The van der Waals surface area contributed by atoms with Gasteiger partial charge in [-0.05, 0) is 236 Å².